The fraction of sp³-hybridized carbons (Fsp3) is 0.207. The molecule has 1 unspecified atom stereocenters. The first-order chi connectivity index (χ1) is 18.9. The molecule has 3 aromatic carbocycles. The predicted molar refractivity (Wildman–Crippen MR) is 153 cm³/mol. The lowest BCUT2D eigenvalue weighted by molar-refractivity contribution is -0.133. The van der Waals surface area contributed by atoms with Crippen LogP contribution in [0.1, 0.15) is 36.6 Å². The van der Waals surface area contributed by atoms with E-state index in [4.69, 9.17) is 47.1 Å². The molecule has 0 spiro atoms. The number of benzene rings is 3. The van der Waals surface area contributed by atoms with Crippen molar-refractivity contribution in [2.45, 2.75) is 20.0 Å². The van der Waals surface area contributed by atoms with E-state index in [1.807, 2.05) is 44.2 Å². The third-order valence-electron chi connectivity index (χ3n) is 5.29. The monoisotopic (exact) mass is 570 g/mol. The molecule has 0 bridgehead atoms. The van der Waals surface area contributed by atoms with Gasteiger partial charge in [-0.25, -0.2) is 4.79 Å². The zero-order valence-corrected chi connectivity index (χ0v) is 23.4. The number of carbonyl (C=O) groups is 1. The normalized spacial score (nSPS) is 12.7. The molecule has 3 rings (SSSR count). The molecule has 0 aliphatic heterocycles. The van der Waals surface area contributed by atoms with Crippen molar-refractivity contribution in [3.63, 3.8) is 0 Å². The van der Waals surface area contributed by atoms with Crippen LogP contribution in [0.15, 0.2) is 83.3 Å². The van der Waals surface area contributed by atoms with Crippen molar-refractivity contribution in [1.29, 1.82) is 0 Å². The Balaban J connectivity index is 1.77. The molecule has 0 radical (unpaired) electrons. The lowest BCUT2D eigenvalue weighted by atomic mass is 9.97. The van der Waals surface area contributed by atoms with Gasteiger partial charge in [0, 0.05) is 17.2 Å². The summed E-state index contributed by atoms with van der Waals surface area (Å²) in [6, 6.07) is 19.5. The predicted octanol–water partition coefficient (Wildman–Crippen LogP) is 7.45. The first-order valence-corrected chi connectivity index (χ1v) is 12.7. The zero-order valence-electron chi connectivity index (χ0n) is 21.9. The summed E-state index contributed by atoms with van der Waals surface area (Å²) in [6.07, 6.45) is 2.27. The smallest absolute Gasteiger partial charge is 0.341 e. The number of esters is 1. The second kappa shape index (κ2) is 14.8. The highest BCUT2D eigenvalue weighted by atomic mass is 35.5. The summed E-state index contributed by atoms with van der Waals surface area (Å²) >= 11 is 12.0. The van der Waals surface area contributed by atoms with Gasteiger partial charge in [-0.2, -0.15) is 0 Å². The second-order valence-corrected chi connectivity index (χ2v) is 8.74. The highest BCUT2D eigenvalue weighted by molar-refractivity contribution is 6.42. The van der Waals surface area contributed by atoms with Crippen molar-refractivity contribution >= 4 is 46.7 Å². The third-order valence-corrected chi connectivity index (χ3v) is 6.03. The van der Waals surface area contributed by atoms with Crippen LogP contribution in [-0.4, -0.2) is 38.7 Å². The molecule has 0 heterocycles. The molecule has 0 amide bonds. The maximum Gasteiger partial charge on any atom is 0.341 e. The van der Waals surface area contributed by atoms with Crippen LogP contribution >= 0.6 is 23.2 Å². The molecule has 0 fully saturated rings. The number of methoxy groups -OCH3 is 2. The molecule has 10 heteroatoms. The van der Waals surface area contributed by atoms with Gasteiger partial charge in [-0.05, 0) is 55.8 Å². The topological polar surface area (TPSA) is 87.9 Å². The van der Waals surface area contributed by atoms with E-state index >= 15 is 0 Å². The summed E-state index contributed by atoms with van der Waals surface area (Å²) in [4.78, 5) is 23.3. The van der Waals surface area contributed by atoms with Crippen LogP contribution in [-0.2, 0) is 23.9 Å². The number of halogens is 2. The molecule has 0 N–H and O–H groups in total. The molecule has 0 aromatic heterocycles. The van der Waals surface area contributed by atoms with Crippen molar-refractivity contribution in [2.24, 2.45) is 10.3 Å². The molecule has 204 valence electrons. The summed E-state index contributed by atoms with van der Waals surface area (Å²) in [5.74, 6) is 0.620. The Morgan fingerprint density at radius 2 is 1.69 bits per heavy atom. The molecule has 39 heavy (non-hydrogen) atoms. The van der Waals surface area contributed by atoms with E-state index in [1.165, 1.54) is 26.7 Å². The highest BCUT2D eigenvalue weighted by Crippen LogP contribution is 2.30. The van der Waals surface area contributed by atoms with Gasteiger partial charge >= 0.3 is 5.97 Å². The standard InChI is InChI=1S/C29H28Cl2N2O6/c1-5-37-33-28(20-10-12-21(13-11-20)38-22-14-15-26(30)27(31)16-22)17-32-39-19(2)23-8-6-7-9-24(23)25(18-35-3)29(34)36-4/h6-19H,5H2,1-4H3. The Morgan fingerprint density at radius 3 is 2.36 bits per heavy atom. The molecule has 8 nitrogen and oxygen atoms in total. The molecular formula is C29H28Cl2N2O6. The number of nitrogens with zero attached hydrogens (tertiary/aromatic N) is 2. The van der Waals surface area contributed by atoms with Crippen molar-refractivity contribution in [2.75, 3.05) is 20.8 Å². The number of hydrogen-bond acceptors (Lipinski definition) is 8. The Bertz CT molecular complexity index is 1360. The number of rotatable bonds is 12. The van der Waals surface area contributed by atoms with Gasteiger partial charge in [0.25, 0.3) is 0 Å². The lowest BCUT2D eigenvalue weighted by Crippen LogP contribution is -2.09. The summed E-state index contributed by atoms with van der Waals surface area (Å²) in [5.41, 5.74) is 2.75. The fourth-order valence-electron chi connectivity index (χ4n) is 3.43. The van der Waals surface area contributed by atoms with E-state index in [0.717, 1.165) is 11.1 Å². The van der Waals surface area contributed by atoms with E-state index in [1.54, 1.807) is 36.4 Å². The van der Waals surface area contributed by atoms with Crippen LogP contribution in [0, 0.1) is 0 Å². The maximum atomic E-state index is 12.3. The van der Waals surface area contributed by atoms with Gasteiger partial charge in [0.1, 0.15) is 35.5 Å². The fourth-order valence-corrected chi connectivity index (χ4v) is 3.72. The Kier molecular flexibility index (Phi) is 11.2. The van der Waals surface area contributed by atoms with Gasteiger partial charge < -0.3 is 23.9 Å². The Morgan fingerprint density at radius 1 is 0.974 bits per heavy atom. The number of oxime groups is 2. The molecular weight excluding hydrogens is 543 g/mol. The van der Waals surface area contributed by atoms with Gasteiger partial charge in [0.15, 0.2) is 0 Å². The van der Waals surface area contributed by atoms with Crippen LogP contribution < -0.4 is 4.74 Å². The summed E-state index contributed by atoms with van der Waals surface area (Å²) in [6.45, 7) is 4.02. The van der Waals surface area contributed by atoms with Crippen LogP contribution in [0.4, 0.5) is 0 Å². The van der Waals surface area contributed by atoms with Crippen molar-refractivity contribution in [3.05, 3.63) is 99.7 Å². The van der Waals surface area contributed by atoms with E-state index in [-0.39, 0.29) is 5.57 Å². The van der Waals surface area contributed by atoms with E-state index in [0.29, 0.717) is 39.4 Å². The Labute approximate surface area is 237 Å². The van der Waals surface area contributed by atoms with Crippen LogP contribution in [0.5, 0.6) is 11.5 Å². The van der Waals surface area contributed by atoms with Crippen LogP contribution in [0.3, 0.4) is 0 Å². The van der Waals surface area contributed by atoms with Crippen molar-refractivity contribution in [1.82, 2.24) is 0 Å². The van der Waals surface area contributed by atoms with Gasteiger partial charge in [-0.15, -0.1) is 0 Å². The van der Waals surface area contributed by atoms with Crippen molar-refractivity contribution in [3.8, 4) is 11.5 Å². The number of carbonyl (C=O) groups excluding carboxylic acids is 1. The Hall–Kier alpha value is -4.01. The van der Waals surface area contributed by atoms with Gasteiger partial charge in [0.2, 0.25) is 0 Å². The summed E-state index contributed by atoms with van der Waals surface area (Å²) in [5, 5.41) is 9.14. The zero-order chi connectivity index (χ0) is 28.2. The SMILES string of the molecule is CCON=C(C=NOC(C)c1ccccc1C(=COC)C(=O)OC)c1ccc(Oc2ccc(Cl)c(Cl)c2)cc1. The lowest BCUT2D eigenvalue weighted by Gasteiger charge is -2.16. The van der Waals surface area contributed by atoms with E-state index in [9.17, 15) is 4.79 Å². The maximum absolute atomic E-state index is 12.3. The number of hydrogen-bond donors (Lipinski definition) is 0. The summed E-state index contributed by atoms with van der Waals surface area (Å²) < 4.78 is 15.8. The molecule has 1 atom stereocenters. The molecule has 0 saturated carbocycles. The highest BCUT2D eigenvalue weighted by Gasteiger charge is 2.20. The minimum absolute atomic E-state index is 0.261. The van der Waals surface area contributed by atoms with Crippen LogP contribution in [0.2, 0.25) is 10.0 Å². The average Bonchev–Trinajstić information content (AvgIpc) is 2.95. The minimum atomic E-state index is -0.530. The first-order valence-electron chi connectivity index (χ1n) is 11.9. The van der Waals surface area contributed by atoms with E-state index < -0.39 is 12.1 Å². The van der Waals surface area contributed by atoms with Gasteiger partial charge in [-0.1, -0.05) is 57.8 Å². The van der Waals surface area contributed by atoms with Crippen molar-refractivity contribution < 1.29 is 28.7 Å². The largest absolute Gasteiger partial charge is 0.503 e. The number of ether oxygens (including phenoxy) is 3. The molecule has 3 aromatic rings. The first kappa shape index (κ1) is 29.5. The van der Waals surface area contributed by atoms with Gasteiger partial charge in [0.05, 0.1) is 36.7 Å². The molecule has 0 aliphatic rings. The molecule has 0 aliphatic carbocycles. The average molecular weight is 571 g/mol. The van der Waals surface area contributed by atoms with E-state index in [2.05, 4.69) is 10.3 Å². The quantitative estimate of drug-likeness (QED) is 0.0738. The minimum Gasteiger partial charge on any atom is -0.503 e. The third kappa shape index (κ3) is 8.24. The van der Waals surface area contributed by atoms with Crippen LogP contribution in [0.25, 0.3) is 5.57 Å². The van der Waals surface area contributed by atoms with Gasteiger partial charge in [-0.3, -0.25) is 0 Å². The second-order valence-electron chi connectivity index (χ2n) is 7.92. The summed E-state index contributed by atoms with van der Waals surface area (Å²) in [7, 11) is 2.77. The molecule has 0 saturated heterocycles.